The van der Waals surface area contributed by atoms with Gasteiger partial charge in [0, 0.05) is 13.0 Å². The molecule has 13 nitrogen and oxygen atoms in total. The molecule has 3 amide bonds. The Bertz CT molecular complexity index is 771. The Balaban J connectivity index is 2.97. The van der Waals surface area contributed by atoms with E-state index in [2.05, 4.69) is 10.6 Å². The van der Waals surface area contributed by atoms with Crippen molar-refractivity contribution in [2.24, 2.45) is 11.7 Å². The van der Waals surface area contributed by atoms with Crippen LogP contribution >= 0.6 is 0 Å². The van der Waals surface area contributed by atoms with Crippen molar-refractivity contribution in [2.75, 3.05) is 6.54 Å². The van der Waals surface area contributed by atoms with E-state index in [0.717, 1.165) is 0 Å². The van der Waals surface area contributed by atoms with E-state index in [9.17, 15) is 33.9 Å². The molecular weight excluding hydrogens is 440 g/mol. The standard InChI is InChI=1S/C20H32N4O9/c1-10(2)8-13(19(31)24-7-3-4-14(24)20(32)33)23-18(30)12(9-16(27)28)22-17(29)11(21)5-6-15(25)26/h10-14H,3-9,21H2,1-2H3,(H,22,29)(H,23,30)(H,25,26)(H,27,28)(H,32,33). The van der Waals surface area contributed by atoms with Crippen molar-refractivity contribution < 1.29 is 44.1 Å². The monoisotopic (exact) mass is 472 g/mol. The Morgan fingerprint density at radius 2 is 1.58 bits per heavy atom. The molecule has 33 heavy (non-hydrogen) atoms. The normalized spacial score (nSPS) is 18.3. The Kier molecular flexibility index (Phi) is 10.7. The fourth-order valence-corrected chi connectivity index (χ4v) is 3.53. The maximum absolute atomic E-state index is 13.0. The second-order valence-corrected chi connectivity index (χ2v) is 8.42. The number of carboxylic acid groups (broad SMARTS) is 3. The summed E-state index contributed by atoms with van der Waals surface area (Å²) in [6, 6.07) is -4.97. The van der Waals surface area contributed by atoms with E-state index >= 15 is 0 Å². The second kappa shape index (κ2) is 12.7. The number of rotatable bonds is 13. The number of nitrogens with one attached hydrogen (secondary N) is 2. The summed E-state index contributed by atoms with van der Waals surface area (Å²) in [6.07, 6.45) is -0.461. The number of hydrogen-bond donors (Lipinski definition) is 6. The topological polar surface area (TPSA) is 216 Å². The third-order valence-corrected chi connectivity index (χ3v) is 5.16. The molecule has 186 valence electrons. The maximum atomic E-state index is 13.0. The van der Waals surface area contributed by atoms with Gasteiger partial charge in [0.25, 0.3) is 0 Å². The van der Waals surface area contributed by atoms with Gasteiger partial charge in [0.2, 0.25) is 17.7 Å². The number of nitrogens with two attached hydrogens (primary N) is 1. The average molecular weight is 472 g/mol. The van der Waals surface area contributed by atoms with Gasteiger partial charge in [0.1, 0.15) is 18.1 Å². The summed E-state index contributed by atoms with van der Waals surface area (Å²) in [5.41, 5.74) is 5.62. The summed E-state index contributed by atoms with van der Waals surface area (Å²) in [4.78, 5) is 72.6. The van der Waals surface area contributed by atoms with E-state index in [1.165, 1.54) is 4.90 Å². The molecule has 4 atom stereocenters. The Morgan fingerprint density at radius 1 is 0.970 bits per heavy atom. The highest BCUT2D eigenvalue weighted by Gasteiger charge is 2.38. The summed E-state index contributed by atoms with van der Waals surface area (Å²) in [5.74, 6) is -6.23. The summed E-state index contributed by atoms with van der Waals surface area (Å²) < 4.78 is 0. The van der Waals surface area contributed by atoms with Crippen LogP contribution in [0.3, 0.4) is 0 Å². The van der Waals surface area contributed by atoms with E-state index < -0.39 is 72.6 Å². The largest absolute Gasteiger partial charge is 0.481 e. The molecule has 1 fully saturated rings. The fraction of sp³-hybridized carbons (Fsp3) is 0.700. The number of carboxylic acids is 3. The summed E-state index contributed by atoms with van der Waals surface area (Å²) in [5, 5.41) is 31.8. The van der Waals surface area contributed by atoms with Gasteiger partial charge in [-0.3, -0.25) is 24.0 Å². The zero-order chi connectivity index (χ0) is 25.3. The molecule has 1 saturated heterocycles. The lowest BCUT2D eigenvalue weighted by atomic mass is 10.0. The van der Waals surface area contributed by atoms with E-state index in [4.69, 9.17) is 15.9 Å². The van der Waals surface area contributed by atoms with Gasteiger partial charge in [-0.15, -0.1) is 0 Å². The van der Waals surface area contributed by atoms with Crippen LogP contribution in [0.1, 0.15) is 52.4 Å². The maximum Gasteiger partial charge on any atom is 0.326 e. The van der Waals surface area contributed by atoms with Gasteiger partial charge < -0.3 is 36.6 Å². The van der Waals surface area contributed by atoms with Crippen LogP contribution in [-0.4, -0.2) is 86.6 Å². The number of nitrogens with zero attached hydrogens (tertiary/aromatic N) is 1. The highest BCUT2D eigenvalue weighted by atomic mass is 16.4. The van der Waals surface area contributed by atoms with Crippen LogP contribution in [-0.2, 0) is 28.8 Å². The van der Waals surface area contributed by atoms with Crippen LogP contribution in [0.2, 0.25) is 0 Å². The molecule has 0 radical (unpaired) electrons. The van der Waals surface area contributed by atoms with Crippen LogP contribution in [0.5, 0.6) is 0 Å². The molecule has 1 rings (SSSR count). The van der Waals surface area contributed by atoms with E-state index in [-0.39, 0.29) is 31.7 Å². The first-order chi connectivity index (χ1) is 15.3. The molecule has 7 N–H and O–H groups in total. The third kappa shape index (κ3) is 9.04. The lowest BCUT2D eigenvalue weighted by Crippen LogP contribution is -2.57. The highest BCUT2D eigenvalue weighted by molar-refractivity contribution is 5.95. The van der Waals surface area contributed by atoms with Gasteiger partial charge >= 0.3 is 17.9 Å². The lowest BCUT2D eigenvalue weighted by molar-refractivity contribution is -0.150. The summed E-state index contributed by atoms with van der Waals surface area (Å²) in [7, 11) is 0. The molecule has 0 aromatic carbocycles. The van der Waals surface area contributed by atoms with Crippen molar-refractivity contribution >= 4 is 35.6 Å². The van der Waals surface area contributed by atoms with E-state index in [0.29, 0.717) is 6.42 Å². The molecule has 0 saturated carbocycles. The van der Waals surface area contributed by atoms with Crippen molar-refractivity contribution in [3.8, 4) is 0 Å². The van der Waals surface area contributed by atoms with E-state index in [1.54, 1.807) is 13.8 Å². The van der Waals surface area contributed by atoms with Crippen molar-refractivity contribution in [2.45, 2.75) is 76.5 Å². The van der Waals surface area contributed by atoms with Crippen molar-refractivity contribution in [1.82, 2.24) is 15.5 Å². The summed E-state index contributed by atoms with van der Waals surface area (Å²) in [6.45, 7) is 3.81. The lowest BCUT2D eigenvalue weighted by Gasteiger charge is -2.29. The van der Waals surface area contributed by atoms with Gasteiger partial charge in [0.05, 0.1) is 12.5 Å². The Labute approximate surface area is 190 Å². The fourth-order valence-electron chi connectivity index (χ4n) is 3.53. The number of aliphatic carboxylic acids is 3. The van der Waals surface area contributed by atoms with Crippen molar-refractivity contribution in [1.29, 1.82) is 0 Å². The SMILES string of the molecule is CC(C)CC(NC(=O)C(CC(=O)O)NC(=O)C(N)CCC(=O)O)C(=O)N1CCCC1C(=O)O. The number of carbonyl (C=O) groups excluding carboxylic acids is 3. The first kappa shape index (κ1) is 27.8. The van der Waals surface area contributed by atoms with Gasteiger partial charge in [-0.05, 0) is 31.6 Å². The van der Waals surface area contributed by atoms with Gasteiger partial charge in [-0.25, -0.2) is 4.79 Å². The van der Waals surface area contributed by atoms with Crippen molar-refractivity contribution in [3.05, 3.63) is 0 Å². The number of hydrogen-bond acceptors (Lipinski definition) is 7. The predicted octanol–water partition coefficient (Wildman–Crippen LogP) is -1.26. The quantitative estimate of drug-likeness (QED) is 0.187. The third-order valence-electron chi connectivity index (χ3n) is 5.16. The number of carbonyl (C=O) groups is 6. The molecule has 0 bridgehead atoms. The molecular formula is C20H32N4O9. The highest BCUT2D eigenvalue weighted by Crippen LogP contribution is 2.20. The van der Waals surface area contributed by atoms with Crippen molar-refractivity contribution in [3.63, 3.8) is 0 Å². The molecule has 0 spiro atoms. The zero-order valence-electron chi connectivity index (χ0n) is 18.7. The van der Waals surface area contributed by atoms with Gasteiger partial charge in [-0.2, -0.15) is 0 Å². The molecule has 1 aliphatic rings. The Hall–Kier alpha value is -3.22. The van der Waals surface area contributed by atoms with E-state index in [1.807, 2.05) is 0 Å². The first-order valence-corrected chi connectivity index (χ1v) is 10.7. The number of likely N-dealkylation sites (tertiary alicyclic amines) is 1. The van der Waals surface area contributed by atoms with Crippen LogP contribution in [0.15, 0.2) is 0 Å². The molecule has 13 heteroatoms. The molecule has 1 aliphatic heterocycles. The van der Waals surface area contributed by atoms with Crippen LogP contribution in [0, 0.1) is 5.92 Å². The van der Waals surface area contributed by atoms with Gasteiger partial charge in [0.15, 0.2) is 0 Å². The summed E-state index contributed by atoms with van der Waals surface area (Å²) >= 11 is 0. The molecule has 1 heterocycles. The molecule has 0 aromatic heterocycles. The average Bonchev–Trinajstić information content (AvgIpc) is 3.19. The minimum absolute atomic E-state index is 0.0675. The Morgan fingerprint density at radius 3 is 2.09 bits per heavy atom. The van der Waals surface area contributed by atoms with Gasteiger partial charge in [-0.1, -0.05) is 13.8 Å². The zero-order valence-corrected chi connectivity index (χ0v) is 18.7. The molecule has 0 aromatic rings. The van der Waals surface area contributed by atoms with Crippen LogP contribution in [0.25, 0.3) is 0 Å². The predicted molar refractivity (Wildman–Crippen MR) is 113 cm³/mol. The minimum atomic E-state index is -1.57. The minimum Gasteiger partial charge on any atom is -0.481 e. The van der Waals surface area contributed by atoms with Crippen LogP contribution in [0.4, 0.5) is 0 Å². The smallest absolute Gasteiger partial charge is 0.326 e. The first-order valence-electron chi connectivity index (χ1n) is 10.7. The second-order valence-electron chi connectivity index (χ2n) is 8.42. The van der Waals surface area contributed by atoms with Crippen LogP contribution < -0.4 is 16.4 Å². The molecule has 0 aliphatic carbocycles. The number of amides is 3. The molecule has 4 unspecified atom stereocenters.